The quantitative estimate of drug-likeness (QED) is 0.885. The molecule has 0 bridgehead atoms. The molecule has 1 aromatic rings. The number of nitrogens with two attached hydrogens (primary N) is 1. The van der Waals surface area contributed by atoms with Crippen LogP contribution in [-0.2, 0) is 10.0 Å². The molecule has 126 valence electrons. The summed E-state index contributed by atoms with van der Waals surface area (Å²) in [5.74, 6) is 1.20. The predicted octanol–water partition coefficient (Wildman–Crippen LogP) is 2.26. The first-order valence-electron chi connectivity index (χ1n) is 7.43. The van der Waals surface area contributed by atoms with Crippen molar-refractivity contribution in [2.75, 3.05) is 19.7 Å². The Morgan fingerprint density at radius 2 is 1.95 bits per heavy atom. The molecular weight excluding hydrogens is 324 g/mol. The van der Waals surface area contributed by atoms with Gasteiger partial charge in [-0.3, -0.25) is 0 Å². The summed E-state index contributed by atoms with van der Waals surface area (Å²) in [6.45, 7) is 5.50. The molecule has 0 amide bonds. The number of benzene rings is 1. The van der Waals surface area contributed by atoms with Crippen molar-refractivity contribution in [1.82, 2.24) is 4.31 Å². The Kier molecular flexibility index (Phi) is 7.12. The van der Waals surface area contributed by atoms with Crippen molar-refractivity contribution in [3.63, 3.8) is 0 Å². The molecule has 0 spiro atoms. The molecular formula is C15H25ClN2O3S. The molecule has 1 aromatic carbocycles. The zero-order chi connectivity index (χ0) is 15.5. The summed E-state index contributed by atoms with van der Waals surface area (Å²) in [6.07, 6.45) is 1.71. The second kappa shape index (κ2) is 8.15. The number of piperidine rings is 1. The van der Waals surface area contributed by atoms with Gasteiger partial charge in [0.15, 0.2) is 0 Å². The summed E-state index contributed by atoms with van der Waals surface area (Å²) in [7, 11) is -3.48. The van der Waals surface area contributed by atoms with E-state index in [1.807, 2.05) is 6.92 Å². The van der Waals surface area contributed by atoms with Crippen LogP contribution in [0.2, 0.25) is 0 Å². The molecule has 0 aliphatic carbocycles. The Morgan fingerprint density at radius 3 is 2.50 bits per heavy atom. The Bertz CT molecular complexity index is 563. The lowest BCUT2D eigenvalue weighted by Crippen LogP contribution is -2.49. The zero-order valence-corrected chi connectivity index (χ0v) is 14.7. The summed E-state index contributed by atoms with van der Waals surface area (Å²) < 4.78 is 32.4. The molecule has 2 N–H and O–H groups in total. The molecule has 1 saturated heterocycles. The lowest BCUT2D eigenvalue weighted by Gasteiger charge is -2.36. The van der Waals surface area contributed by atoms with Gasteiger partial charge in [-0.05, 0) is 49.9 Å². The summed E-state index contributed by atoms with van der Waals surface area (Å²) in [4.78, 5) is 0.305. The van der Waals surface area contributed by atoms with Gasteiger partial charge in [-0.25, -0.2) is 8.42 Å². The molecule has 2 atom stereocenters. The zero-order valence-electron chi connectivity index (χ0n) is 13.1. The van der Waals surface area contributed by atoms with Crippen LogP contribution in [-0.4, -0.2) is 38.5 Å². The van der Waals surface area contributed by atoms with Gasteiger partial charge in [-0.1, -0.05) is 6.92 Å². The number of nitrogens with zero attached hydrogens (tertiary/aromatic N) is 1. The number of hydrogen-bond donors (Lipinski definition) is 1. The maximum absolute atomic E-state index is 12.8. The van der Waals surface area contributed by atoms with Crippen molar-refractivity contribution in [3.8, 4) is 5.75 Å². The van der Waals surface area contributed by atoms with Gasteiger partial charge in [-0.15, -0.1) is 12.4 Å². The standard InChI is InChI=1S/C15H24N2O3S.ClH/c1-3-20-14-4-6-15(7-5-14)21(18,19)17-9-8-12(2)10-13(17)11-16;/h4-7,12-13H,3,8-11,16H2,1-2H3;1H. The fraction of sp³-hybridized carbons (Fsp3) is 0.600. The van der Waals surface area contributed by atoms with E-state index >= 15 is 0 Å². The Morgan fingerprint density at radius 1 is 1.32 bits per heavy atom. The molecule has 22 heavy (non-hydrogen) atoms. The summed E-state index contributed by atoms with van der Waals surface area (Å²) in [5.41, 5.74) is 5.77. The average molecular weight is 349 g/mol. The molecule has 2 unspecified atom stereocenters. The van der Waals surface area contributed by atoms with Crippen molar-refractivity contribution in [2.45, 2.75) is 37.6 Å². The first-order valence-corrected chi connectivity index (χ1v) is 8.87. The summed E-state index contributed by atoms with van der Waals surface area (Å²) >= 11 is 0. The van der Waals surface area contributed by atoms with E-state index in [9.17, 15) is 8.42 Å². The molecule has 2 rings (SSSR count). The third-order valence-electron chi connectivity index (χ3n) is 3.94. The van der Waals surface area contributed by atoms with Crippen LogP contribution in [0.4, 0.5) is 0 Å². The van der Waals surface area contributed by atoms with Gasteiger partial charge < -0.3 is 10.5 Å². The van der Waals surface area contributed by atoms with Gasteiger partial charge in [0.1, 0.15) is 5.75 Å². The predicted molar refractivity (Wildman–Crippen MR) is 90.0 cm³/mol. The number of sulfonamides is 1. The number of hydrogen-bond acceptors (Lipinski definition) is 4. The van der Waals surface area contributed by atoms with E-state index in [1.165, 1.54) is 0 Å². The average Bonchev–Trinajstić information content (AvgIpc) is 2.47. The minimum absolute atomic E-state index is 0. The summed E-state index contributed by atoms with van der Waals surface area (Å²) in [5, 5.41) is 0. The molecule has 0 saturated carbocycles. The lowest BCUT2D eigenvalue weighted by molar-refractivity contribution is 0.211. The maximum atomic E-state index is 12.8. The largest absolute Gasteiger partial charge is 0.494 e. The normalized spacial score (nSPS) is 22.9. The monoisotopic (exact) mass is 348 g/mol. The smallest absolute Gasteiger partial charge is 0.243 e. The topological polar surface area (TPSA) is 72.6 Å². The van der Waals surface area contributed by atoms with E-state index in [4.69, 9.17) is 10.5 Å². The van der Waals surface area contributed by atoms with E-state index in [1.54, 1.807) is 28.6 Å². The molecule has 1 aliphatic heterocycles. The van der Waals surface area contributed by atoms with Crippen LogP contribution in [0.5, 0.6) is 5.75 Å². The highest BCUT2D eigenvalue weighted by molar-refractivity contribution is 7.89. The van der Waals surface area contributed by atoms with Crippen LogP contribution in [0.15, 0.2) is 29.2 Å². The minimum Gasteiger partial charge on any atom is -0.494 e. The van der Waals surface area contributed by atoms with Crippen LogP contribution in [0, 0.1) is 5.92 Å². The first kappa shape index (κ1) is 19.2. The van der Waals surface area contributed by atoms with Crippen molar-refractivity contribution in [2.24, 2.45) is 11.7 Å². The van der Waals surface area contributed by atoms with Gasteiger partial charge in [0.05, 0.1) is 11.5 Å². The van der Waals surface area contributed by atoms with Crippen molar-refractivity contribution in [3.05, 3.63) is 24.3 Å². The van der Waals surface area contributed by atoms with E-state index in [0.717, 1.165) is 12.8 Å². The van der Waals surface area contributed by atoms with E-state index < -0.39 is 10.0 Å². The lowest BCUT2D eigenvalue weighted by atomic mass is 9.94. The Labute approximate surface area is 139 Å². The van der Waals surface area contributed by atoms with E-state index in [2.05, 4.69) is 6.92 Å². The van der Waals surface area contributed by atoms with Gasteiger partial charge in [-0.2, -0.15) is 4.31 Å². The highest BCUT2D eigenvalue weighted by atomic mass is 35.5. The van der Waals surface area contributed by atoms with Crippen molar-refractivity contribution >= 4 is 22.4 Å². The number of halogens is 1. The van der Waals surface area contributed by atoms with Crippen LogP contribution >= 0.6 is 12.4 Å². The highest BCUT2D eigenvalue weighted by Gasteiger charge is 2.34. The van der Waals surface area contributed by atoms with Crippen molar-refractivity contribution < 1.29 is 13.2 Å². The fourth-order valence-electron chi connectivity index (χ4n) is 2.77. The third-order valence-corrected chi connectivity index (χ3v) is 5.90. The molecule has 7 heteroatoms. The number of ether oxygens (including phenoxy) is 1. The molecule has 0 aromatic heterocycles. The molecule has 5 nitrogen and oxygen atoms in total. The molecule has 1 fully saturated rings. The third kappa shape index (κ3) is 4.13. The second-order valence-corrected chi connectivity index (χ2v) is 7.43. The van der Waals surface area contributed by atoms with Crippen LogP contribution in [0.25, 0.3) is 0 Å². The van der Waals surface area contributed by atoms with Gasteiger partial charge in [0.25, 0.3) is 0 Å². The van der Waals surface area contributed by atoms with Crippen LogP contribution < -0.4 is 10.5 Å². The van der Waals surface area contributed by atoms with Crippen LogP contribution in [0.3, 0.4) is 0 Å². The van der Waals surface area contributed by atoms with Gasteiger partial charge >= 0.3 is 0 Å². The fourth-order valence-corrected chi connectivity index (χ4v) is 4.43. The van der Waals surface area contributed by atoms with Gasteiger partial charge in [0.2, 0.25) is 10.0 Å². The first-order chi connectivity index (χ1) is 9.98. The molecule has 1 aliphatic rings. The minimum atomic E-state index is -3.48. The van der Waals surface area contributed by atoms with Crippen molar-refractivity contribution in [1.29, 1.82) is 0 Å². The highest BCUT2D eigenvalue weighted by Crippen LogP contribution is 2.28. The Balaban J connectivity index is 0.00000242. The maximum Gasteiger partial charge on any atom is 0.243 e. The SMILES string of the molecule is CCOc1ccc(S(=O)(=O)N2CCC(C)CC2CN)cc1.Cl. The summed E-state index contributed by atoms with van der Waals surface area (Å²) in [6, 6.07) is 6.49. The molecule has 0 radical (unpaired) electrons. The Hall–Kier alpha value is -0.820. The number of rotatable bonds is 5. The molecule has 1 heterocycles. The second-order valence-electron chi connectivity index (χ2n) is 5.54. The van der Waals surface area contributed by atoms with Crippen LogP contribution in [0.1, 0.15) is 26.7 Å². The van der Waals surface area contributed by atoms with Gasteiger partial charge in [0, 0.05) is 19.1 Å². The van der Waals surface area contributed by atoms with E-state index in [0.29, 0.717) is 36.3 Å². The van der Waals surface area contributed by atoms with E-state index in [-0.39, 0.29) is 18.4 Å².